The average Bonchev–Trinajstić information content (AvgIpc) is 3.22. The highest BCUT2D eigenvalue weighted by atomic mass is 16.6. The molecule has 28 heavy (non-hydrogen) atoms. The van der Waals surface area contributed by atoms with Crippen molar-refractivity contribution in [3.05, 3.63) is 71.4 Å². The number of epoxide rings is 1. The molecule has 2 aliphatic rings. The number of aliphatic hydroxyl groups is 2. The molecule has 1 aliphatic heterocycles. The molecule has 1 heterocycles. The molecular formula is C25H36O3. The number of ether oxygens (including phenoxy) is 1. The summed E-state index contributed by atoms with van der Waals surface area (Å²) in [5, 5.41) is 19.1. The van der Waals surface area contributed by atoms with Crippen LogP contribution in [-0.2, 0) is 4.74 Å². The molecule has 0 aromatic carbocycles. The number of aliphatic hydroxyl groups excluding tert-OH is 2. The normalized spacial score (nSPS) is 33.9. The fraction of sp³-hybridized carbons (Fsp3) is 0.520. The van der Waals surface area contributed by atoms with Crippen LogP contribution in [0.2, 0.25) is 0 Å². The molecule has 1 saturated heterocycles. The minimum absolute atomic E-state index is 0.0828. The van der Waals surface area contributed by atoms with E-state index in [9.17, 15) is 5.11 Å². The minimum Gasteiger partial charge on any atom is -0.393 e. The number of hydrogen-bond acceptors (Lipinski definition) is 3. The van der Waals surface area contributed by atoms with Crippen LogP contribution in [0.3, 0.4) is 0 Å². The summed E-state index contributed by atoms with van der Waals surface area (Å²) in [5.74, 6) is 0. The molecule has 0 unspecified atom stereocenters. The van der Waals surface area contributed by atoms with Crippen molar-refractivity contribution in [1.82, 2.24) is 0 Å². The highest BCUT2D eigenvalue weighted by molar-refractivity contribution is 5.36. The van der Waals surface area contributed by atoms with Gasteiger partial charge < -0.3 is 14.9 Å². The van der Waals surface area contributed by atoms with Gasteiger partial charge in [0.1, 0.15) is 11.2 Å². The Balaban J connectivity index is 1.98. The van der Waals surface area contributed by atoms with Crippen LogP contribution < -0.4 is 0 Å². The SMILES string of the molecule is CC(/C=C/C=C(C)/C=C/[C@@]12O[C@]1(C)C[C@@H](O)CC2(C)C)=C\C=C/C=C(\C)CO. The van der Waals surface area contributed by atoms with E-state index < -0.39 is 0 Å². The van der Waals surface area contributed by atoms with Gasteiger partial charge >= 0.3 is 0 Å². The Morgan fingerprint density at radius 1 is 0.929 bits per heavy atom. The summed E-state index contributed by atoms with van der Waals surface area (Å²) in [4.78, 5) is 0. The molecule has 3 nitrogen and oxygen atoms in total. The second-order valence-electron chi connectivity index (χ2n) is 9.08. The van der Waals surface area contributed by atoms with Gasteiger partial charge in [0.05, 0.1) is 12.7 Å². The summed E-state index contributed by atoms with van der Waals surface area (Å²) in [6, 6.07) is 0. The summed E-state index contributed by atoms with van der Waals surface area (Å²) < 4.78 is 6.18. The largest absolute Gasteiger partial charge is 0.393 e. The van der Waals surface area contributed by atoms with Crippen LogP contribution in [0.4, 0.5) is 0 Å². The van der Waals surface area contributed by atoms with E-state index in [1.807, 2.05) is 31.2 Å². The zero-order chi connectivity index (χ0) is 21.0. The lowest BCUT2D eigenvalue weighted by molar-refractivity contribution is 0.0515. The number of allylic oxidation sites excluding steroid dienone is 10. The molecule has 1 aliphatic carbocycles. The fourth-order valence-electron chi connectivity index (χ4n) is 4.27. The van der Waals surface area contributed by atoms with Gasteiger partial charge in [-0.3, -0.25) is 0 Å². The van der Waals surface area contributed by atoms with Crippen LogP contribution in [-0.4, -0.2) is 34.1 Å². The molecule has 0 aromatic rings. The predicted molar refractivity (Wildman–Crippen MR) is 117 cm³/mol. The Hall–Kier alpha value is -1.68. The first-order valence-corrected chi connectivity index (χ1v) is 10.1. The lowest BCUT2D eigenvalue weighted by Crippen LogP contribution is -2.46. The number of hydrogen-bond donors (Lipinski definition) is 2. The molecule has 2 N–H and O–H groups in total. The fourth-order valence-corrected chi connectivity index (χ4v) is 4.27. The van der Waals surface area contributed by atoms with Gasteiger partial charge in [0.15, 0.2) is 0 Å². The van der Waals surface area contributed by atoms with E-state index in [2.05, 4.69) is 65.0 Å². The highest BCUT2D eigenvalue weighted by Crippen LogP contribution is 2.66. The molecule has 3 atom stereocenters. The second kappa shape index (κ2) is 8.77. The zero-order valence-electron chi connectivity index (χ0n) is 18.2. The van der Waals surface area contributed by atoms with Crippen LogP contribution in [0.25, 0.3) is 0 Å². The van der Waals surface area contributed by atoms with Gasteiger partial charge in [-0.2, -0.15) is 0 Å². The van der Waals surface area contributed by atoms with Gasteiger partial charge in [-0.05, 0) is 45.8 Å². The summed E-state index contributed by atoms with van der Waals surface area (Å²) in [6.45, 7) is 12.6. The Morgan fingerprint density at radius 3 is 2.18 bits per heavy atom. The molecular weight excluding hydrogens is 348 g/mol. The monoisotopic (exact) mass is 384 g/mol. The quantitative estimate of drug-likeness (QED) is 0.469. The van der Waals surface area contributed by atoms with Crippen molar-refractivity contribution >= 4 is 0 Å². The van der Waals surface area contributed by atoms with E-state index in [1.54, 1.807) is 0 Å². The third kappa shape index (κ3) is 5.02. The van der Waals surface area contributed by atoms with Crippen molar-refractivity contribution in [1.29, 1.82) is 0 Å². The van der Waals surface area contributed by atoms with E-state index in [0.29, 0.717) is 6.42 Å². The Kier molecular flexibility index (Phi) is 7.08. The Morgan fingerprint density at radius 2 is 1.54 bits per heavy atom. The summed E-state index contributed by atoms with van der Waals surface area (Å²) in [6.07, 6.45) is 19.6. The van der Waals surface area contributed by atoms with Gasteiger partial charge in [0, 0.05) is 11.8 Å². The summed E-state index contributed by atoms with van der Waals surface area (Å²) >= 11 is 0. The van der Waals surface area contributed by atoms with Crippen LogP contribution in [0.1, 0.15) is 54.4 Å². The molecule has 0 aromatic heterocycles. The minimum atomic E-state index is -0.282. The number of fused-ring (bicyclic) bond motifs is 1. The average molecular weight is 385 g/mol. The molecule has 154 valence electrons. The lowest BCUT2D eigenvalue weighted by atomic mass is 9.63. The van der Waals surface area contributed by atoms with E-state index in [1.165, 1.54) is 0 Å². The van der Waals surface area contributed by atoms with E-state index in [-0.39, 0.29) is 29.3 Å². The topological polar surface area (TPSA) is 53.0 Å². The van der Waals surface area contributed by atoms with E-state index in [0.717, 1.165) is 23.1 Å². The van der Waals surface area contributed by atoms with Gasteiger partial charge in [-0.1, -0.05) is 73.6 Å². The Labute approximate surface area is 170 Å². The first-order valence-electron chi connectivity index (χ1n) is 10.1. The first kappa shape index (κ1) is 22.6. The van der Waals surface area contributed by atoms with E-state index in [4.69, 9.17) is 9.84 Å². The van der Waals surface area contributed by atoms with Crippen molar-refractivity contribution in [3.63, 3.8) is 0 Å². The van der Waals surface area contributed by atoms with Crippen molar-refractivity contribution in [2.75, 3.05) is 6.61 Å². The van der Waals surface area contributed by atoms with Crippen molar-refractivity contribution in [3.8, 4) is 0 Å². The number of rotatable bonds is 7. The standard InChI is InChI=1S/C25H36O3/c1-19(10-7-8-11-21(3)18-26)12-9-13-20(2)14-15-25-23(4,5)16-22(27)17-24(25,6)28-25/h7-15,22,26-27H,16-18H2,1-6H3/b8-7-,12-9+,15-14+,19-10+,20-13+,21-11+/t22-,24+,25-/m0/s1. The van der Waals surface area contributed by atoms with Gasteiger partial charge in [-0.25, -0.2) is 0 Å². The third-order valence-corrected chi connectivity index (χ3v) is 5.91. The van der Waals surface area contributed by atoms with E-state index >= 15 is 0 Å². The van der Waals surface area contributed by atoms with Crippen molar-refractivity contribution in [2.24, 2.45) is 5.41 Å². The maximum atomic E-state index is 10.1. The second-order valence-corrected chi connectivity index (χ2v) is 9.08. The predicted octanol–water partition coefficient (Wildman–Crippen LogP) is 5.19. The molecule has 1 saturated carbocycles. The molecule has 2 rings (SSSR count). The van der Waals surface area contributed by atoms with Crippen LogP contribution in [0.15, 0.2) is 71.4 Å². The summed E-state index contributed by atoms with van der Waals surface area (Å²) in [5.41, 5.74) is 2.64. The molecule has 0 spiro atoms. The first-order chi connectivity index (χ1) is 13.1. The third-order valence-electron chi connectivity index (χ3n) is 5.91. The van der Waals surface area contributed by atoms with Gasteiger partial charge in [-0.15, -0.1) is 0 Å². The zero-order valence-corrected chi connectivity index (χ0v) is 18.2. The highest BCUT2D eigenvalue weighted by Gasteiger charge is 2.74. The maximum absolute atomic E-state index is 10.1. The molecule has 0 amide bonds. The van der Waals surface area contributed by atoms with Crippen molar-refractivity contribution in [2.45, 2.75) is 71.7 Å². The Bertz CT molecular complexity index is 748. The molecule has 0 bridgehead atoms. The molecule has 0 radical (unpaired) electrons. The molecule has 2 fully saturated rings. The summed E-state index contributed by atoms with van der Waals surface area (Å²) in [7, 11) is 0. The van der Waals surface area contributed by atoms with Crippen LogP contribution in [0.5, 0.6) is 0 Å². The van der Waals surface area contributed by atoms with Gasteiger partial charge in [0.25, 0.3) is 0 Å². The van der Waals surface area contributed by atoms with Gasteiger partial charge in [0.2, 0.25) is 0 Å². The maximum Gasteiger partial charge on any atom is 0.121 e. The molecule has 3 heteroatoms. The smallest absolute Gasteiger partial charge is 0.121 e. The van der Waals surface area contributed by atoms with Crippen LogP contribution >= 0.6 is 0 Å². The lowest BCUT2D eigenvalue weighted by Gasteiger charge is -2.39. The van der Waals surface area contributed by atoms with Crippen molar-refractivity contribution < 1.29 is 14.9 Å². The van der Waals surface area contributed by atoms with Crippen LogP contribution in [0, 0.1) is 5.41 Å².